The number of pyridine rings is 1. The minimum atomic E-state index is -4.40. The number of piperazine rings is 1. The average molecular weight is 597 g/mol. The molecular formula is C31H37FN4O5S. The van der Waals surface area contributed by atoms with Gasteiger partial charge >= 0.3 is 0 Å². The summed E-state index contributed by atoms with van der Waals surface area (Å²) in [5, 5.41) is 0. The van der Waals surface area contributed by atoms with Gasteiger partial charge in [0.05, 0.1) is 30.5 Å². The van der Waals surface area contributed by atoms with E-state index in [0.29, 0.717) is 17.7 Å². The van der Waals surface area contributed by atoms with Crippen molar-refractivity contribution < 1.29 is 27.1 Å². The van der Waals surface area contributed by atoms with Crippen molar-refractivity contribution in [3.05, 3.63) is 77.2 Å². The van der Waals surface area contributed by atoms with E-state index in [1.54, 1.807) is 31.2 Å². The zero-order valence-electron chi connectivity index (χ0n) is 24.5. The largest absolute Gasteiger partial charge is 0.496 e. The fourth-order valence-corrected chi connectivity index (χ4v) is 7.53. The van der Waals surface area contributed by atoms with E-state index in [9.17, 15) is 13.2 Å². The smallest absolute Gasteiger partial charge is 0.271 e. The van der Waals surface area contributed by atoms with E-state index in [4.69, 9.17) is 9.47 Å². The van der Waals surface area contributed by atoms with Gasteiger partial charge in [0.25, 0.3) is 15.9 Å². The van der Waals surface area contributed by atoms with E-state index < -0.39 is 27.2 Å². The van der Waals surface area contributed by atoms with Crippen molar-refractivity contribution in [1.29, 1.82) is 0 Å². The third-order valence-electron chi connectivity index (χ3n) is 8.34. The van der Waals surface area contributed by atoms with Crippen molar-refractivity contribution in [3.8, 4) is 11.6 Å². The molecule has 1 amide bonds. The number of hydrogen-bond donors (Lipinski definition) is 0. The van der Waals surface area contributed by atoms with Crippen molar-refractivity contribution in [2.75, 3.05) is 58.3 Å². The number of fused-ring (bicyclic) bond motifs is 1. The van der Waals surface area contributed by atoms with Crippen LogP contribution in [0.3, 0.4) is 0 Å². The molecule has 3 heterocycles. The molecular weight excluding hydrogens is 559 g/mol. The number of benzene rings is 2. The highest BCUT2D eigenvalue weighted by atomic mass is 32.2. The molecule has 0 bridgehead atoms. The van der Waals surface area contributed by atoms with Crippen LogP contribution in [0.5, 0.6) is 11.6 Å². The lowest BCUT2D eigenvalue weighted by atomic mass is 9.74. The second-order valence-electron chi connectivity index (χ2n) is 10.9. The molecule has 1 fully saturated rings. The van der Waals surface area contributed by atoms with Crippen LogP contribution in [0.15, 0.2) is 59.5 Å². The van der Waals surface area contributed by atoms with Gasteiger partial charge < -0.3 is 19.3 Å². The number of ether oxygens (including phenoxy) is 2. The number of nitrogens with zero attached hydrogens (tertiary/aromatic N) is 4. The van der Waals surface area contributed by atoms with Crippen LogP contribution in [0.4, 0.5) is 10.1 Å². The quantitative estimate of drug-likeness (QED) is 0.325. The maximum absolute atomic E-state index is 15.6. The highest BCUT2D eigenvalue weighted by molar-refractivity contribution is 7.93. The second-order valence-corrected chi connectivity index (χ2v) is 12.7. The Morgan fingerprint density at radius 2 is 1.71 bits per heavy atom. The molecule has 224 valence electrons. The van der Waals surface area contributed by atoms with Crippen LogP contribution < -0.4 is 13.8 Å². The normalized spacial score (nSPS) is 19.6. The maximum Gasteiger partial charge on any atom is 0.271 e. The molecule has 11 heteroatoms. The van der Waals surface area contributed by atoms with Gasteiger partial charge in [-0.1, -0.05) is 24.6 Å². The van der Waals surface area contributed by atoms with Gasteiger partial charge in [-0.25, -0.2) is 17.8 Å². The van der Waals surface area contributed by atoms with Crippen LogP contribution >= 0.6 is 0 Å². The Morgan fingerprint density at radius 3 is 2.38 bits per heavy atom. The fourth-order valence-electron chi connectivity index (χ4n) is 5.97. The number of halogens is 1. The SMILES string of the molecule is COc1ccc2c(n1)C(CCCCN1CCN(C)CC1)(c1ccccc1F)C(=O)N2S(=O)(=O)c1ccc(OC)c(C)c1. The zero-order chi connectivity index (χ0) is 30.1. The van der Waals surface area contributed by atoms with E-state index in [0.717, 1.165) is 43.4 Å². The van der Waals surface area contributed by atoms with E-state index in [1.165, 1.54) is 44.6 Å². The zero-order valence-corrected chi connectivity index (χ0v) is 25.3. The lowest BCUT2D eigenvalue weighted by Gasteiger charge is -2.33. The number of likely N-dealkylation sites (N-methyl/N-ethyl adjacent to an activating group) is 1. The monoisotopic (exact) mass is 596 g/mol. The standard InChI is InChI=1S/C31H37FN4O5S/c1-22-21-23(11-13-27(22)40-3)42(38,39)36-26-12-14-28(41-4)33-29(26)31(30(36)37,24-9-5-6-10-25(24)32)15-7-8-16-35-19-17-34(2)18-20-35/h5-6,9-14,21H,7-8,15-20H2,1-4H3. The summed E-state index contributed by atoms with van der Waals surface area (Å²) in [6.45, 7) is 6.47. The molecule has 1 saturated heterocycles. The first kappa shape index (κ1) is 29.9. The number of hydrogen-bond acceptors (Lipinski definition) is 8. The summed E-state index contributed by atoms with van der Waals surface area (Å²) >= 11 is 0. The van der Waals surface area contributed by atoms with E-state index in [-0.39, 0.29) is 34.1 Å². The summed E-state index contributed by atoms with van der Waals surface area (Å²) in [7, 11) is 0.651. The van der Waals surface area contributed by atoms with Crippen LogP contribution in [-0.2, 0) is 20.2 Å². The number of rotatable bonds is 10. The lowest BCUT2D eigenvalue weighted by molar-refractivity contribution is -0.121. The summed E-state index contributed by atoms with van der Waals surface area (Å²) in [5.74, 6) is -0.620. The van der Waals surface area contributed by atoms with Crippen molar-refractivity contribution >= 4 is 21.6 Å². The predicted molar refractivity (Wildman–Crippen MR) is 158 cm³/mol. The minimum absolute atomic E-state index is 0.0738. The fraction of sp³-hybridized carbons (Fsp3) is 0.419. The summed E-state index contributed by atoms with van der Waals surface area (Å²) in [4.78, 5) is 23.9. The first-order valence-corrected chi connectivity index (χ1v) is 15.5. The van der Waals surface area contributed by atoms with Gasteiger partial charge in [-0.05, 0) is 69.3 Å². The third-order valence-corrected chi connectivity index (χ3v) is 10.0. The van der Waals surface area contributed by atoms with Gasteiger partial charge in [0.1, 0.15) is 17.0 Å². The van der Waals surface area contributed by atoms with Crippen molar-refractivity contribution in [3.63, 3.8) is 0 Å². The molecule has 9 nitrogen and oxygen atoms in total. The van der Waals surface area contributed by atoms with Gasteiger partial charge in [-0.2, -0.15) is 4.31 Å². The topological polar surface area (TPSA) is 92.3 Å². The van der Waals surface area contributed by atoms with Crippen LogP contribution in [0.25, 0.3) is 0 Å². The number of unbranched alkanes of at least 4 members (excludes halogenated alkanes) is 1. The molecule has 1 unspecified atom stereocenters. The van der Waals surface area contributed by atoms with E-state index >= 15 is 4.39 Å². The Kier molecular flexibility index (Phi) is 8.54. The molecule has 1 aromatic heterocycles. The highest BCUT2D eigenvalue weighted by Crippen LogP contribution is 2.51. The third kappa shape index (κ3) is 5.25. The maximum atomic E-state index is 15.6. The number of amides is 1. The Labute approximate surface area is 246 Å². The molecule has 0 N–H and O–H groups in total. The molecule has 0 saturated carbocycles. The summed E-state index contributed by atoms with van der Waals surface area (Å²) in [6, 6.07) is 13.5. The Bertz CT molecular complexity index is 1580. The van der Waals surface area contributed by atoms with E-state index in [1.807, 2.05) is 0 Å². The molecule has 2 aliphatic rings. The van der Waals surface area contributed by atoms with Gasteiger partial charge in [-0.3, -0.25) is 4.79 Å². The number of aryl methyl sites for hydroxylation is 1. The van der Waals surface area contributed by atoms with Gasteiger partial charge in [0.2, 0.25) is 5.88 Å². The number of methoxy groups -OCH3 is 2. The van der Waals surface area contributed by atoms with Crippen molar-refractivity contribution in [1.82, 2.24) is 14.8 Å². The Balaban J connectivity index is 1.59. The lowest BCUT2D eigenvalue weighted by Crippen LogP contribution is -2.45. The molecule has 0 aliphatic carbocycles. The number of carbonyl (C=O) groups excluding carboxylic acids is 1. The molecule has 2 aliphatic heterocycles. The number of anilines is 1. The molecule has 5 rings (SSSR count). The Morgan fingerprint density at radius 1 is 0.976 bits per heavy atom. The number of sulfonamides is 1. The predicted octanol–water partition coefficient (Wildman–Crippen LogP) is 3.99. The van der Waals surface area contributed by atoms with Crippen LogP contribution in [-0.4, -0.2) is 83.1 Å². The van der Waals surface area contributed by atoms with Crippen LogP contribution in [0.2, 0.25) is 0 Å². The molecule has 0 radical (unpaired) electrons. The Hall–Kier alpha value is -3.54. The molecule has 1 atom stereocenters. The van der Waals surface area contributed by atoms with Gasteiger partial charge in [0, 0.05) is 37.8 Å². The van der Waals surface area contributed by atoms with Crippen LogP contribution in [0, 0.1) is 12.7 Å². The summed E-state index contributed by atoms with van der Waals surface area (Å²) in [5.41, 5.74) is -0.698. The van der Waals surface area contributed by atoms with Crippen molar-refractivity contribution in [2.45, 2.75) is 36.5 Å². The van der Waals surface area contributed by atoms with Crippen molar-refractivity contribution in [2.24, 2.45) is 0 Å². The molecule has 2 aromatic carbocycles. The first-order valence-electron chi connectivity index (χ1n) is 14.1. The molecule has 3 aromatic rings. The first-order chi connectivity index (χ1) is 20.1. The number of aromatic nitrogens is 1. The van der Waals surface area contributed by atoms with E-state index in [2.05, 4.69) is 21.8 Å². The average Bonchev–Trinajstić information content (AvgIpc) is 3.24. The van der Waals surface area contributed by atoms with Gasteiger partial charge in [-0.15, -0.1) is 0 Å². The summed E-state index contributed by atoms with van der Waals surface area (Å²) in [6.07, 6.45) is 1.50. The number of carbonyl (C=O) groups is 1. The van der Waals surface area contributed by atoms with Crippen LogP contribution in [0.1, 0.15) is 36.1 Å². The minimum Gasteiger partial charge on any atom is -0.496 e. The molecule has 0 spiro atoms. The highest BCUT2D eigenvalue weighted by Gasteiger charge is 2.58. The summed E-state index contributed by atoms with van der Waals surface area (Å²) < 4.78 is 55.5. The van der Waals surface area contributed by atoms with Gasteiger partial charge in [0.15, 0.2) is 0 Å². The molecule has 42 heavy (non-hydrogen) atoms. The second kappa shape index (κ2) is 12.0.